The smallest absolute Gasteiger partial charge is 0.227 e. The van der Waals surface area contributed by atoms with Crippen molar-refractivity contribution < 1.29 is 18.8 Å². The Morgan fingerprint density at radius 3 is 2.46 bits per heavy atom. The van der Waals surface area contributed by atoms with Gasteiger partial charge in [-0.25, -0.2) is 0 Å². The highest BCUT2D eigenvalue weighted by Gasteiger charge is 2.21. The summed E-state index contributed by atoms with van der Waals surface area (Å²) in [4.78, 5) is 33.2. The second-order valence-corrected chi connectivity index (χ2v) is 8.27. The van der Waals surface area contributed by atoms with Crippen LogP contribution in [0.3, 0.4) is 0 Å². The van der Waals surface area contributed by atoms with Crippen LogP contribution in [-0.4, -0.2) is 66.2 Å². The highest BCUT2D eigenvalue weighted by molar-refractivity contribution is 5.79. The number of aryl methyl sites for hydroxylation is 1. The van der Waals surface area contributed by atoms with Crippen molar-refractivity contribution in [2.75, 3.05) is 44.2 Å². The topological polar surface area (TPSA) is 101 Å². The quantitative estimate of drug-likeness (QED) is 0.479. The molecule has 0 spiro atoms. The van der Waals surface area contributed by atoms with Gasteiger partial charge in [-0.05, 0) is 43.3 Å². The summed E-state index contributed by atoms with van der Waals surface area (Å²) >= 11 is 0. The predicted octanol–water partition coefficient (Wildman–Crippen LogP) is 2.92. The molecule has 1 aliphatic heterocycles. The van der Waals surface area contributed by atoms with Crippen LogP contribution in [0.1, 0.15) is 25.7 Å². The van der Waals surface area contributed by atoms with Crippen LogP contribution in [0.25, 0.3) is 11.4 Å². The van der Waals surface area contributed by atoms with E-state index in [2.05, 4.69) is 32.5 Å². The molecule has 1 aliphatic rings. The lowest BCUT2D eigenvalue weighted by atomic mass is 10.2. The number of hydrogen-bond acceptors (Lipinski definition) is 7. The first-order valence-corrected chi connectivity index (χ1v) is 12.0. The van der Waals surface area contributed by atoms with Crippen LogP contribution in [-0.2, 0) is 16.0 Å². The van der Waals surface area contributed by atoms with E-state index in [1.165, 1.54) is 5.69 Å². The summed E-state index contributed by atoms with van der Waals surface area (Å²) in [6.45, 7) is 5.86. The van der Waals surface area contributed by atoms with Gasteiger partial charge in [0, 0.05) is 63.2 Å². The molecule has 0 aliphatic carbocycles. The number of nitrogens with one attached hydrogen (secondary N) is 1. The van der Waals surface area contributed by atoms with Crippen molar-refractivity contribution in [2.24, 2.45) is 0 Å². The van der Waals surface area contributed by atoms with Crippen molar-refractivity contribution in [1.29, 1.82) is 0 Å². The molecule has 2 aromatic carbocycles. The predicted molar refractivity (Wildman–Crippen MR) is 132 cm³/mol. The van der Waals surface area contributed by atoms with E-state index < -0.39 is 0 Å². The van der Waals surface area contributed by atoms with Crippen LogP contribution in [0, 0.1) is 0 Å². The molecule has 2 amide bonds. The van der Waals surface area contributed by atoms with E-state index in [1.54, 1.807) is 0 Å². The fraction of sp³-hybridized carbons (Fsp3) is 0.385. The first-order chi connectivity index (χ1) is 17.1. The zero-order valence-electron chi connectivity index (χ0n) is 20.0. The number of ether oxygens (including phenoxy) is 1. The summed E-state index contributed by atoms with van der Waals surface area (Å²) < 4.78 is 10.7. The summed E-state index contributed by atoms with van der Waals surface area (Å²) in [7, 11) is 0. The highest BCUT2D eigenvalue weighted by Crippen LogP contribution is 2.20. The average molecular weight is 478 g/mol. The van der Waals surface area contributed by atoms with Gasteiger partial charge in [0.05, 0.1) is 6.61 Å². The van der Waals surface area contributed by atoms with Crippen LogP contribution in [0.2, 0.25) is 0 Å². The van der Waals surface area contributed by atoms with Crippen LogP contribution in [0.5, 0.6) is 5.75 Å². The van der Waals surface area contributed by atoms with Crippen molar-refractivity contribution >= 4 is 17.5 Å². The van der Waals surface area contributed by atoms with Crippen LogP contribution >= 0.6 is 0 Å². The van der Waals surface area contributed by atoms with E-state index in [-0.39, 0.29) is 18.2 Å². The van der Waals surface area contributed by atoms with Crippen LogP contribution in [0.4, 0.5) is 5.69 Å². The van der Waals surface area contributed by atoms with Crippen molar-refractivity contribution in [2.45, 2.75) is 26.2 Å². The number of piperazine rings is 1. The van der Waals surface area contributed by atoms with Gasteiger partial charge >= 0.3 is 0 Å². The Morgan fingerprint density at radius 2 is 1.74 bits per heavy atom. The molecule has 0 bridgehead atoms. The SMILES string of the molecule is CCOc1ccc(-c2noc(CCC(=O)NCCC(=O)N3CCN(c4ccccc4)CC3)n2)cc1. The largest absolute Gasteiger partial charge is 0.494 e. The molecule has 3 aromatic rings. The third kappa shape index (κ3) is 6.81. The Hall–Kier alpha value is -3.88. The molecule has 0 radical (unpaired) electrons. The number of nitrogens with zero attached hydrogens (tertiary/aromatic N) is 4. The van der Waals surface area contributed by atoms with E-state index >= 15 is 0 Å². The van der Waals surface area contributed by atoms with Gasteiger partial charge in [0.2, 0.25) is 23.5 Å². The number of carbonyl (C=O) groups is 2. The number of para-hydroxylation sites is 1. The Labute approximate surface area is 205 Å². The normalized spacial score (nSPS) is 13.5. The number of rotatable bonds is 10. The van der Waals surface area contributed by atoms with E-state index in [9.17, 15) is 9.59 Å². The molecule has 0 unspecified atom stereocenters. The lowest BCUT2D eigenvalue weighted by Crippen LogP contribution is -2.49. The number of aromatic nitrogens is 2. The minimum absolute atomic E-state index is 0.0647. The number of amides is 2. The monoisotopic (exact) mass is 477 g/mol. The van der Waals surface area contributed by atoms with Gasteiger partial charge in [-0.2, -0.15) is 4.98 Å². The molecule has 1 fully saturated rings. The zero-order chi connectivity index (χ0) is 24.5. The molecule has 0 saturated carbocycles. The van der Waals surface area contributed by atoms with Gasteiger partial charge in [-0.3, -0.25) is 9.59 Å². The fourth-order valence-electron chi connectivity index (χ4n) is 3.97. The second kappa shape index (κ2) is 12.0. The number of hydrogen-bond donors (Lipinski definition) is 1. The zero-order valence-corrected chi connectivity index (χ0v) is 20.0. The second-order valence-electron chi connectivity index (χ2n) is 8.27. The molecule has 2 heterocycles. The molecule has 9 heteroatoms. The maximum Gasteiger partial charge on any atom is 0.227 e. The molecule has 4 rings (SSSR count). The summed E-state index contributed by atoms with van der Waals surface area (Å²) in [6.07, 6.45) is 0.847. The van der Waals surface area contributed by atoms with Crippen molar-refractivity contribution in [3.8, 4) is 17.1 Å². The van der Waals surface area contributed by atoms with E-state index in [4.69, 9.17) is 9.26 Å². The fourth-order valence-corrected chi connectivity index (χ4v) is 3.97. The highest BCUT2D eigenvalue weighted by atomic mass is 16.5. The summed E-state index contributed by atoms with van der Waals surface area (Å²) in [5, 5.41) is 6.80. The Morgan fingerprint density at radius 1 is 1.00 bits per heavy atom. The van der Waals surface area contributed by atoms with Gasteiger partial charge in [-0.1, -0.05) is 23.4 Å². The van der Waals surface area contributed by atoms with Gasteiger partial charge < -0.3 is 24.4 Å². The molecule has 1 N–H and O–H groups in total. The van der Waals surface area contributed by atoms with Gasteiger partial charge in [-0.15, -0.1) is 0 Å². The minimum Gasteiger partial charge on any atom is -0.494 e. The number of anilines is 1. The van der Waals surface area contributed by atoms with E-state index in [0.717, 1.165) is 24.4 Å². The molecule has 184 valence electrons. The van der Waals surface area contributed by atoms with Crippen LogP contribution in [0.15, 0.2) is 59.1 Å². The third-order valence-corrected chi connectivity index (χ3v) is 5.87. The summed E-state index contributed by atoms with van der Waals surface area (Å²) in [5.74, 6) is 1.57. The Bertz CT molecular complexity index is 1090. The molecule has 35 heavy (non-hydrogen) atoms. The molecule has 1 aromatic heterocycles. The molecular weight excluding hydrogens is 446 g/mol. The summed E-state index contributed by atoms with van der Waals surface area (Å²) in [5.41, 5.74) is 2.00. The minimum atomic E-state index is -0.146. The lowest BCUT2D eigenvalue weighted by molar-refractivity contribution is -0.131. The van der Waals surface area contributed by atoms with Crippen molar-refractivity contribution in [3.63, 3.8) is 0 Å². The molecular formula is C26H31N5O4. The first kappa shape index (κ1) is 24.3. The van der Waals surface area contributed by atoms with Crippen molar-refractivity contribution in [3.05, 3.63) is 60.5 Å². The Balaban J connectivity index is 1.14. The molecule has 1 saturated heterocycles. The van der Waals surface area contributed by atoms with Crippen LogP contribution < -0.4 is 15.0 Å². The summed E-state index contributed by atoms with van der Waals surface area (Å²) in [6, 6.07) is 17.7. The van der Waals surface area contributed by atoms with E-state index in [0.29, 0.717) is 50.8 Å². The number of benzene rings is 2. The third-order valence-electron chi connectivity index (χ3n) is 5.87. The average Bonchev–Trinajstić information content (AvgIpc) is 3.38. The van der Waals surface area contributed by atoms with Gasteiger partial charge in [0.1, 0.15) is 5.75 Å². The number of carbonyl (C=O) groups excluding carboxylic acids is 2. The standard InChI is InChI=1S/C26H31N5O4/c1-2-34-22-10-8-20(9-11-22)26-28-24(35-29-26)13-12-23(32)27-15-14-25(33)31-18-16-30(17-19-31)21-6-4-3-5-7-21/h3-11H,2,12-19H2,1H3,(H,27,32). The maximum atomic E-state index is 12.5. The lowest BCUT2D eigenvalue weighted by Gasteiger charge is -2.36. The van der Waals surface area contributed by atoms with Crippen molar-refractivity contribution in [1.82, 2.24) is 20.4 Å². The maximum absolute atomic E-state index is 12.5. The first-order valence-electron chi connectivity index (χ1n) is 12.0. The van der Waals surface area contributed by atoms with Gasteiger partial charge in [0.15, 0.2) is 0 Å². The van der Waals surface area contributed by atoms with E-state index in [1.807, 2.05) is 54.3 Å². The Kier molecular flexibility index (Phi) is 8.32. The molecule has 9 nitrogen and oxygen atoms in total. The van der Waals surface area contributed by atoms with Gasteiger partial charge in [0.25, 0.3) is 0 Å². The molecule has 0 atom stereocenters.